The van der Waals surface area contributed by atoms with E-state index in [1.807, 2.05) is 25.1 Å². The first-order valence-electron chi connectivity index (χ1n) is 7.86. The molecular weight excluding hydrogens is 328 g/mol. The van der Waals surface area contributed by atoms with Gasteiger partial charge in [0.1, 0.15) is 0 Å². The van der Waals surface area contributed by atoms with Crippen LogP contribution in [0.3, 0.4) is 0 Å². The van der Waals surface area contributed by atoms with E-state index in [1.54, 1.807) is 0 Å². The highest BCUT2D eigenvalue weighted by Gasteiger charge is 2.17. The summed E-state index contributed by atoms with van der Waals surface area (Å²) >= 11 is 3.44. The van der Waals surface area contributed by atoms with Crippen molar-refractivity contribution in [2.24, 2.45) is 0 Å². The number of benzene rings is 1. The number of hydrogen-bond acceptors (Lipinski definition) is 2. The molecule has 1 unspecified atom stereocenters. The van der Waals surface area contributed by atoms with Crippen LogP contribution >= 0.6 is 15.9 Å². The second-order valence-electron chi connectivity index (χ2n) is 5.97. The van der Waals surface area contributed by atoms with E-state index in [4.69, 9.17) is 0 Å². The van der Waals surface area contributed by atoms with Gasteiger partial charge in [-0.25, -0.2) is 0 Å². The highest BCUT2D eigenvalue weighted by Crippen LogP contribution is 2.18. The van der Waals surface area contributed by atoms with Gasteiger partial charge in [-0.05, 0) is 67.7 Å². The molecule has 0 saturated carbocycles. The number of nitrogens with one attached hydrogen (secondary N) is 1. The number of nitrogens with zero attached hydrogens (tertiary/aromatic N) is 1. The Morgan fingerprint density at radius 1 is 1.43 bits per heavy atom. The van der Waals surface area contributed by atoms with E-state index < -0.39 is 0 Å². The van der Waals surface area contributed by atoms with Gasteiger partial charge in [0.2, 0.25) is 0 Å². The molecule has 1 aromatic carbocycles. The first kappa shape index (κ1) is 16.5. The van der Waals surface area contributed by atoms with E-state index in [0.717, 1.165) is 35.1 Å². The first-order chi connectivity index (χ1) is 10.1. The molecule has 1 amide bonds. The van der Waals surface area contributed by atoms with Crippen LogP contribution < -0.4 is 5.32 Å². The maximum atomic E-state index is 12.2. The molecule has 0 radical (unpaired) electrons. The van der Waals surface area contributed by atoms with Crippen LogP contribution in [0.4, 0.5) is 0 Å². The summed E-state index contributed by atoms with van der Waals surface area (Å²) in [7, 11) is 0. The summed E-state index contributed by atoms with van der Waals surface area (Å²) in [6.07, 6.45) is 4.99. The third-order valence-corrected chi connectivity index (χ3v) is 4.91. The van der Waals surface area contributed by atoms with Crippen molar-refractivity contribution in [3.05, 3.63) is 33.8 Å². The normalized spacial score (nSPS) is 19.5. The summed E-state index contributed by atoms with van der Waals surface area (Å²) in [5, 5.41) is 3.03. The van der Waals surface area contributed by atoms with Crippen molar-refractivity contribution >= 4 is 21.8 Å². The number of rotatable bonds is 5. The fourth-order valence-electron chi connectivity index (χ4n) is 2.88. The van der Waals surface area contributed by atoms with Gasteiger partial charge >= 0.3 is 0 Å². The third kappa shape index (κ3) is 4.82. The number of carbonyl (C=O) groups excluding carboxylic acids is 1. The average molecular weight is 353 g/mol. The number of carbonyl (C=O) groups is 1. The lowest BCUT2D eigenvalue weighted by molar-refractivity contribution is 0.0948. The van der Waals surface area contributed by atoms with Crippen molar-refractivity contribution in [3.63, 3.8) is 0 Å². The summed E-state index contributed by atoms with van der Waals surface area (Å²) in [4.78, 5) is 14.7. The zero-order valence-electron chi connectivity index (χ0n) is 13.0. The molecule has 116 valence electrons. The minimum absolute atomic E-state index is 0.0114. The maximum Gasteiger partial charge on any atom is 0.252 e. The standard InChI is InChI=1S/C17H25BrN2O/c1-13-7-8-16(18)15(12-13)17(21)19-9-5-11-20-10-4-3-6-14(20)2/h7-8,12,14H,3-6,9-11H2,1-2H3,(H,19,21). The van der Waals surface area contributed by atoms with E-state index in [-0.39, 0.29) is 5.91 Å². The molecule has 3 nitrogen and oxygen atoms in total. The second-order valence-corrected chi connectivity index (χ2v) is 6.83. The predicted molar refractivity (Wildman–Crippen MR) is 90.7 cm³/mol. The molecule has 4 heteroatoms. The Morgan fingerprint density at radius 3 is 3.00 bits per heavy atom. The Hall–Kier alpha value is -0.870. The molecule has 1 heterocycles. The van der Waals surface area contributed by atoms with Crippen LogP contribution in [0.2, 0.25) is 0 Å². The topological polar surface area (TPSA) is 32.3 Å². The number of piperidine rings is 1. The Kier molecular flexibility index (Phi) is 6.24. The molecule has 1 N–H and O–H groups in total. The molecule has 0 spiro atoms. The van der Waals surface area contributed by atoms with Gasteiger partial charge in [-0.15, -0.1) is 0 Å². The predicted octanol–water partition coefficient (Wildman–Crippen LogP) is 3.75. The van der Waals surface area contributed by atoms with Crippen LogP contribution in [0.5, 0.6) is 0 Å². The second kappa shape index (κ2) is 7.95. The number of likely N-dealkylation sites (tertiary alicyclic amines) is 1. The van der Waals surface area contributed by atoms with Crippen LogP contribution in [0, 0.1) is 6.92 Å². The molecule has 1 fully saturated rings. The summed E-state index contributed by atoms with van der Waals surface area (Å²) in [6, 6.07) is 6.55. The molecule has 1 aromatic rings. The average Bonchev–Trinajstić information content (AvgIpc) is 2.47. The van der Waals surface area contributed by atoms with Crippen molar-refractivity contribution in [1.82, 2.24) is 10.2 Å². The van der Waals surface area contributed by atoms with Crippen molar-refractivity contribution in [3.8, 4) is 0 Å². The van der Waals surface area contributed by atoms with Crippen LogP contribution in [0.15, 0.2) is 22.7 Å². The fourth-order valence-corrected chi connectivity index (χ4v) is 3.31. The van der Waals surface area contributed by atoms with Crippen LogP contribution in [-0.2, 0) is 0 Å². The van der Waals surface area contributed by atoms with Crippen molar-refractivity contribution in [2.45, 2.75) is 45.6 Å². The third-order valence-electron chi connectivity index (χ3n) is 4.21. The lowest BCUT2D eigenvalue weighted by atomic mass is 10.0. The van der Waals surface area contributed by atoms with Crippen LogP contribution in [-0.4, -0.2) is 36.5 Å². The highest BCUT2D eigenvalue weighted by molar-refractivity contribution is 9.10. The Labute approximate surface area is 136 Å². The molecular formula is C17H25BrN2O. The van der Waals surface area contributed by atoms with Gasteiger partial charge in [0.15, 0.2) is 0 Å². The number of hydrogen-bond donors (Lipinski definition) is 1. The Balaban J connectivity index is 1.75. The van der Waals surface area contributed by atoms with Crippen LogP contribution in [0.1, 0.15) is 48.5 Å². The highest BCUT2D eigenvalue weighted by atomic mass is 79.9. The van der Waals surface area contributed by atoms with E-state index in [2.05, 4.69) is 33.1 Å². The van der Waals surface area contributed by atoms with Gasteiger partial charge in [-0.3, -0.25) is 4.79 Å². The minimum atomic E-state index is 0.0114. The zero-order valence-corrected chi connectivity index (χ0v) is 14.6. The Morgan fingerprint density at radius 2 is 2.24 bits per heavy atom. The maximum absolute atomic E-state index is 12.2. The van der Waals surface area contributed by atoms with E-state index >= 15 is 0 Å². The van der Waals surface area contributed by atoms with Gasteiger partial charge < -0.3 is 10.2 Å². The van der Waals surface area contributed by atoms with Crippen molar-refractivity contribution in [1.29, 1.82) is 0 Å². The van der Waals surface area contributed by atoms with Crippen molar-refractivity contribution in [2.75, 3.05) is 19.6 Å². The molecule has 0 bridgehead atoms. The quantitative estimate of drug-likeness (QED) is 0.818. The molecule has 1 aliphatic heterocycles. The van der Waals surface area contributed by atoms with Crippen molar-refractivity contribution < 1.29 is 4.79 Å². The number of amides is 1. The van der Waals surface area contributed by atoms with Gasteiger partial charge in [-0.2, -0.15) is 0 Å². The largest absolute Gasteiger partial charge is 0.352 e. The number of aryl methyl sites for hydroxylation is 1. The van der Waals surface area contributed by atoms with Gasteiger partial charge in [0.05, 0.1) is 5.56 Å². The molecule has 1 aliphatic rings. The summed E-state index contributed by atoms with van der Waals surface area (Å²) in [6.45, 7) is 7.33. The van der Waals surface area contributed by atoms with Gasteiger partial charge in [-0.1, -0.05) is 18.1 Å². The smallest absolute Gasteiger partial charge is 0.252 e. The fraction of sp³-hybridized carbons (Fsp3) is 0.588. The first-order valence-corrected chi connectivity index (χ1v) is 8.65. The Bertz CT molecular complexity index is 490. The lowest BCUT2D eigenvalue weighted by Gasteiger charge is -2.33. The molecule has 21 heavy (non-hydrogen) atoms. The summed E-state index contributed by atoms with van der Waals surface area (Å²) in [5.74, 6) is 0.0114. The van der Waals surface area contributed by atoms with E-state index in [1.165, 1.54) is 25.8 Å². The SMILES string of the molecule is Cc1ccc(Br)c(C(=O)NCCCN2CCCCC2C)c1. The van der Waals surface area contributed by atoms with E-state index in [9.17, 15) is 4.79 Å². The van der Waals surface area contributed by atoms with Crippen LogP contribution in [0.25, 0.3) is 0 Å². The molecule has 1 atom stereocenters. The number of halogens is 1. The molecule has 1 saturated heterocycles. The summed E-state index contributed by atoms with van der Waals surface area (Å²) < 4.78 is 0.857. The summed E-state index contributed by atoms with van der Waals surface area (Å²) in [5.41, 5.74) is 1.83. The molecule has 2 rings (SSSR count). The van der Waals surface area contributed by atoms with E-state index in [0.29, 0.717) is 6.04 Å². The lowest BCUT2D eigenvalue weighted by Crippen LogP contribution is -2.39. The van der Waals surface area contributed by atoms with Gasteiger partial charge in [0, 0.05) is 23.6 Å². The minimum Gasteiger partial charge on any atom is -0.352 e. The zero-order chi connectivity index (χ0) is 15.2. The monoisotopic (exact) mass is 352 g/mol. The van der Waals surface area contributed by atoms with Gasteiger partial charge in [0.25, 0.3) is 5.91 Å². The molecule has 0 aromatic heterocycles. The molecule has 0 aliphatic carbocycles.